The summed E-state index contributed by atoms with van der Waals surface area (Å²) in [7, 11) is 0. The van der Waals surface area contributed by atoms with Crippen LogP contribution >= 0.6 is 0 Å². The number of rotatable bonds is 4. The predicted molar refractivity (Wildman–Crippen MR) is 56.7 cm³/mol. The zero-order chi connectivity index (χ0) is 12.1. The van der Waals surface area contributed by atoms with E-state index in [4.69, 9.17) is 10.8 Å². The third kappa shape index (κ3) is 3.79. The number of likely N-dealkylation sites (tertiary alicyclic amines) is 1. The highest BCUT2D eigenvalue weighted by molar-refractivity contribution is 5.78. The van der Waals surface area contributed by atoms with Crippen molar-refractivity contribution < 1.29 is 19.8 Å². The smallest absolute Gasteiger partial charge is 0.320 e. The Bertz CT molecular complexity index is 262. The summed E-state index contributed by atoms with van der Waals surface area (Å²) >= 11 is 0. The number of aliphatic hydroxyl groups is 1. The number of hydrogen-bond donors (Lipinski definition) is 3. The topological polar surface area (TPSA) is 104 Å². The van der Waals surface area contributed by atoms with Gasteiger partial charge in [0.05, 0.1) is 6.10 Å². The molecule has 16 heavy (non-hydrogen) atoms. The fourth-order valence-corrected chi connectivity index (χ4v) is 1.68. The molecule has 0 spiro atoms. The standard InChI is InChI=1S/C10H18N2O4/c11-8(10(15)16)1-2-9(14)12-5-3-7(13)4-6-12/h7-8,13H,1-6,11H2,(H,15,16)/t8-/m0/s1. The molecule has 1 saturated heterocycles. The van der Waals surface area contributed by atoms with E-state index in [1.54, 1.807) is 4.90 Å². The minimum Gasteiger partial charge on any atom is -0.480 e. The number of amides is 1. The largest absolute Gasteiger partial charge is 0.480 e. The number of hydrogen-bond acceptors (Lipinski definition) is 4. The molecular formula is C10H18N2O4. The first-order valence-electron chi connectivity index (χ1n) is 5.45. The number of aliphatic hydroxyl groups excluding tert-OH is 1. The maximum atomic E-state index is 11.6. The van der Waals surface area contributed by atoms with Gasteiger partial charge in [0.15, 0.2) is 0 Å². The van der Waals surface area contributed by atoms with Crippen molar-refractivity contribution in [1.29, 1.82) is 0 Å². The summed E-state index contributed by atoms with van der Waals surface area (Å²) in [5.41, 5.74) is 5.31. The molecule has 1 aliphatic rings. The highest BCUT2D eigenvalue weighted by Gasteiger charge is 2.22. The maximum absolute atomic E-state index is 11.6. The summed E-state index contributed by atoms with van der Waals surface area (Å²) in [6.45, 7) is 1.09. The molecule has 92 valence electrons. The molecule has 4 N–H and O–H groups in total. The summed E-state index contributed by atoms with van der Waals surface area (Å²) in [6, 6.07) is -0.973. The normalized spacial score (nSPS) is 19.5. The molecule has 1 amide bonds. The molecule has 1 aliphatic heterocycles. The predicted octanol–water partition coefficient (Wildman–Crippen LogP) is -0.838. The van der Waals surface area contributed by atoms with Crippen LogP contribution in [0, 0.1) is 0 Å². The van der Waals surface area contributed by atoms with Crippen LogP contribution in [0.4, 0.5) is 0 Å². The Morgan fingerprint density at radius 2 is 1.94 bits per heavy atom. The first-order chi connectivity index (χ1) is 7.50. The zero-order valence-electron chi connectivity index (χ0n) is 9.13. The lowest BCUT2D eigenvalue weighted by Crippen LogP contribution is -2.41. The Balaban J connectivity index is 2.27. The molecule has 1 atom stereocenters. The van der Waals surface area contributed by atoms with E-state index in [0.717, 1.165) is 0 Å². The van der Waals surface area contributed by atoms with Gasteiger partial charge in [-0.15, -0.1) is 0 Å². The van der Waals surface area contributed by atoms with E-state index in [9.17, 15) is 14.7 Å². The van der Waals surface area contributed by atoms with E-state index in [1.165, 1.54) is 0 Å². The molecule has 1 fully saturated rings. The maximum Gasteiger partial charge on any atom is 0.320 e. The average molecular weight is 230 g/mol. The number of piperidine rings is 1. The van der Waals surface area contributed by atoms with Crippen molar-refractivity contribution in [3.8, 4) is 0 Å². The fourth-order valence-electron chi connectivity index (χ4n) is 1.68. The molecule has 1 rings (SSSR count). The van der Waals surface area contributed by atoms with Crippen molar-refractivity contribution in [1.82, 2.24) is 4.90 Å². The van der Waals surface area contributed by atoms with Crippen LogP contribution in [-0.4, -0.2) is 52.2 Å². The van der Waals surface area contributed by atoms with Crippen LogP contribution in [0.2, 0.25) is 0 Å². The van der Waals surface area contributed by atoms with Crippen molar-refractivity contribution >= 4 is 11.9 Å². The van der Waals surface area contributed by atoms with E-state index in [0.29, 0.717) is 25.9 Å². The monoisotopic (exact) mass is 230 g/mol. The van der Waals surface area contributed by atoms with Gasteiger partial charge in [-0.1, -0.05) is 0 Å². The summed E-state index contributed by atoms with van der Waals surface area (Å²) < 4.78 is 0. The highest BCUT2D eigenvalue weighted by atomic mass is 16.4. The third-order valence-corrected chi connectivity index (χ3v) is 2.80. The molecule has 6 heteroatoms. The Kier molecular flexibility index (Phi) is 4.70. The van der Waals surface area contributed by atoms with Crippen LogP contribution in [0.5, 0.6) is 0 Å². The minimum absolute atomic E-state index is 0.0800. The molecule has 0 radical (unpaired) electrons. The van der Waals surface area contributed by atoms with Crippen molar-refractivity contribution in [3.63, 3.8) is 0 Å². The van der Waals surface area contributed by atoms with Gasteiger partial charge in [-0.2, -0.15) is 0 Å². The quantitative estimate of drug-likeness (QED) is 0.584. The lowest BCUT2D eigenvalue weighted by molar-refractivity contribution is -0.139. The van der Waals surface area contributed by atoms with Crippen molar-refractivity contribution in [2.45, 2.75) is 37.8 Å². The summed E-state index contributed by atoms with van der Waals surface area (Å²) in [6.07, 6.45) is 1.19. The second kappa shape index (κ2) is 5.81. The SMILES string of the molecule is N[C@@H](CCC(=O)N1CCC(O)CC1)C(=O)O. The number of carboxylic acid groups (broad SMARTS) is 1. The third-order valence-electron chi connectivity index (χ3n) is 2.80. The van der Waals surface area contributed by atoms with Gasteiger partial charge in [-0.25, -0.2) is 0 Å². The van der Waals surface area contributed by atoms with Gasteiger partial charge < -0.3 is 20.8 Å². The van der Waals surface area contributed by atoms with E-state index < -0.39 is 12.0 Å². The number of aliphatic carboxylic acids is 1. The highest BCUT2D eigenvalue weighted by Crippen LogP contribution is 2.11. The Hall–Kier alpha value is -1.14. The average Bonchev–Trinajstić information content (AvgIpc) is 2.26. The lowest BCUT2D eigenvalue weighted by atomic mass is 10.1. The first-order valence-corrected chi connectivity index (χ1v) is 5.45. The van der Waals surface area contributed by atoms with Crippen LogP contribution < -0.4 is 5.73 Å². The van der Waals surface area contributed by atoms with E-state index in [2.05, 4.69) is 0 Å². The van der Waals surface area contributed by atoms with Crippen LogP contribution in [0.3, 0.4) is 0 Å². The van der Waals surface area contributed by atoms with E-state index >= 15 is 0 Å². The van der Waals surface area contributed by atoms with Crippen molar-refractivity contribution in [2.24, 2.45) is 5.73 Å². The second-order valence-electron chi connectivity index (χ2n) is 4.10. The number of nitrogens with zero attached hydrogens (tertiary/aromatic N) is 1. The Morgan fingerprint density at radius 3 is 2.44 bits per heavy atom. The summed E-state index contributed by atoms with van der Waals surface area (Å²) in [5, 5.41) is 17.8. The Labute approximate surface area is 94.0 Å². The fraction of sp³-hybridized carbons (Fsp3) is 0.800. The van der Waals surface area contributed by atoms with Gasteiger partial charge in [0.1, 0.15) is 6.04 Å². The molecule has 0 saturated carbocycles. The van der Waals surface area contributed by atoms with E-state index in [1.807, 2.05) is 0 Å². The lowest BCUT2D eigenvalue weighted by Gasteiger charge is -2.29. The molecule has 0 aromatic carbocycles. The molecular weight excluding hydrogens is 212 g/mol. The van der Waals surface area contributed by atoms with E-state index in [-0.39, 0.29) is 24.9 Å². The Morgan fingerprint density at radius 1 is 1.38 bits per heavy atom. The van der Waals surface area contributed by atoms with Crippen LogP contribution in [0.25, 0.3) is 0 Å². The van der Waals surface area contributed by atoms with Crippen molar-refractivity contribution in [3.05, 3.63) is 0 Å². The van der Waals surface area contributed by atoms with Crippen LogP contribution in [0.1, 0.15) is 25.7 Å². The number of carbonyl (C=O) groups is 2. The summed E-state index contributed by atoms with van der Waals surface area (Å²) in [5.74, 6) is -1.16. The van der Waals surface area contributed by atoms with Gasteiger partial charge in [0.2, 0.25) is 5.91 Å². The van der Waals surface area contributed by atoms with Gasteiger partial charge >= 0.3 is 5.97 Å². The van der Waals surface area contributed by atoms with Gasteiger partial charge in [0, 0.05) is 19.5 Å². The van der Waals surface area contributed by atoms with Crippen LogP contribution in [-0.2, 0) is 9.59 Å². The summed E-state index contributed by atoms with van der Waals surface area (Å²) in [4.78, 5) is 23.7. The second-order valence-corrected chi connectivity index (χ2v) is 4.10. The number of carbonyl (C=O) groups excluding carboxylic acids is 1. The molecule has 6 nitrogen and oxygen atoms in total. The molecule has 0 aromatic rings. The van der Waals surface area contributed by atoms with Gasteiger partial charge in [-0.05, 0) is 19.3 Å². The minimum atomic E-state index is -1.08. The first kappa shape index (κ1) is 12.9. The van der Waals surface area contributed by atoms with Crippen molar-refractivity contribution in [2.75, 3.05) is 13.1 Å². The molecule has 1 heterocycles. The van der Waals surface area contributed by atoms with Gasteiger partial charge in [-0.3, -0.25) is 9.59 Å². The molecule has 0 bridgehead atoms. The van der Waals surface area contributed by atoms with Gasteiger partial charge in [0.25, 0.3) is 0 Å². The zero-order valence-corrected chi connectivity index (χ0v) is 9.13. The molecule has 0 aliphatic carbocycles. The molecule has 0 aromatic heterocycles. The van der Waals surface area contributed by atoms with Crippen LogP contribution in [0.15, 0.2) is 0 Å². The number of nitrogens with two attached hydrogens (primary N) is 1. The number of carboxylic acids is 1. The molecule has 0 unspecified atom stereocenters.